The van der Waals surface area contributed by atoms with Crippen LogP contribution in [0.1, 0.15) is 32.2 Å². The van der Waals surface area contributed by atoms with Crippen molar-refractivity contribution in [1.82, 2.24) is 14.9 Å². The summed E-state index contributed by atoms with van der Waals surface area (Å²) in [6.07, 6.45) is 1.35. The van der Waals surface area contributed by atoms with E-state index in [0.717, 1.165) is 0 Å². The van der Waals surface area contributed by atoms with Gasteiger partial charge in [0.05, 0.1) is 11.2 Å². The molecule has 0 unspecified atom stereocenters. The summed E-state index contributed by atoms with van der Waals surface area (Å²) in [4.78, 5) is 0. The fourth-order valence-corrected chi connectivity index (χ4v) is 2.02. The summed E-state index contributed by atoms with van der Waals surface area (Å²) < 4.78 is 15.5. The Kier molecular flexibility index (Phi) is 4.06. The maximum Gasteiger partial charge on any atom is 0.216 e. The molecule has 0 aliphatic carbocycles. The Hall–Kier alpha value is -1.53. The highest BCUT2D eigenvalue weighted by Gasteiger charge is 2.21. The molecule has 2 aromatic rings. The Morgan fingerprint density at radius 1 is 1.45 bits per heavy atom. The van der Waals surface area contributed by atoms with Gasteiger partial charge in [0.25, 0.3) is 0 Å². The average molecular weight is 313 g/mol. The largest absolute Gasteiger partial charge is 0.250 e. The van der Waals surface area contributed by atoms with Crippen molar-refractivity contribution in [1.29, 1.82) is 0 Å². The van der Waals surface area contributed by atoms with Crippen molar-refractivity contribution in [2.24, 2.45) is 5.10 Å². The van der Waals surface area contributed by atoms with Gasteiger partial charge in [-0.15, -0.1) is 0 Å². The van der Waals surface area contributed by atoms with E-state index >= 15 is 0 Å². The molecule has 20 heavy (non-hydrogen) atoms. The molecule has 0 fully saturated rings. The predicted molar refractivity (Wildman–Crippen MR) is 80.5 cm³/mol. The molecule has 0 saturated heterocycles. The van der Waals surface area contributed by atoms with Gasteiger partial charge in [-0.25, -0.2) is 4.39 Å². The first-order valence-electron chi connectivity index (χ1n) is 5.97. The van der Waals surface area contributed by atoms with Crippen molar-refractivity contribution < 1.29 is 4.39 Å². The number of hydrogen-bond donors (Lipinski definition) is 1. The number of nitrogens with zero attached hydrogens (tertiary/aromatic N) is 3. The predicted octanol–water partition coefficient (Wildman–Crippen LogP) is 3.91. The molecular formula is C13H14ClFN4S. The van der Waals surface area contributed by atoms with E-state index < -0.39 is 5.82 Å². The van der Waals surface area contributed by atoms with Gasteiger partial charge in [-0.05, 0) is 24.4 Å². The first-order chi connectivity index (χ1) is 9.30. The van der Waals surface area contributed by atoms with E-state index in [0.29, 0.717) is 15.6 Å². The topological polar surface area (TPSA) is 46.0 Å². The number of aromatic amines is 1. The Labute approximate surface area is 126 Å². The van der Waals surface area contributed by atoms with Gasteiger partial charge in [-0.2, -0.15) is 14.9 Å². The zero-order chi connectivity index (χ0) is 14.9. The van der Waals surface area contributed by atoms with Gasteiger partial charge in [0, 0.05) is 11.0 Å². The van der Waals surface area contributed by atoms with Crippen LogP contribution in [0.3, 0.4) is 0 Å². The molecule has 0 bridgehead atoms. The highest BCUT2D eigenvalue weighted by atomic mass is 35.5. The van der Waals surface area contributed by atoms with Crippen LogP contribution in [0.25, 0.3) is 0 Å². The summed E-state index contributed by atoms with van der Waals surface area (Å²) in [5, 5.41) is 11.3. The van der Waals surface area contributed by atoms with Crippen LogP contribution in [0, 0.1) is 10.6 Å². The fourth-order valence-electron chi connectivity index (χ4n) is 1.63. The second-order valence-corrected chi connectivity index (χ2v) is 6.09. The Bertz CT molecular complexity index is 692. The van der Waals surface area contributed by atoms with E-state index in [4.69, 9.17) is 23.8 Å². The summed E-state index contributed by atoms with van der Waals surface area (Å²) in [5.41, 5.74) is -0.0265. The zero-order valence-corrected chi connectivity index (χ0v) is 12.9. The molecular weight excluding hydrogens is 299 g/mol. The zero-order valence-electron chi connectivity index (χ0n) is 11.3. The number of halogens is 2. The lowest BCUT2D eigenvalue weighted by Crippen LogP contribution is -2.17. The maximum absolute atomic E-state index is 13.7. The number of hydrogen-bond acceptors (Lipinski definition) is 3. The molecule has 0 radical (unpaired) electrons. The molecule has 1 aromatic carbocycles. The number of aromatic nitrogens is 3. The van der Waals surface area contributed by atoms with E-state index in [1.807, 2.05) is 20.8 Å². The molecule has 0 amide bonds. The minimum atomic E-state index is -0.437. The molecule has 106 valence electrons. The van der Waals surface area contributed by atoms with E-state index in [2.05, 4.69) is 15.3 Å². The molecule has 0 aliphatic heterocycles. The minimum absolute atomic E-state index is 0.220. The van der Waals surface area contributed by atoms with Gasteiger partial charge in [0.1, 0.15) is 5.82 Å². The van der Waals surface area contributed by atoms with Gasteiger partial charge >= 0.3 is 0 Å². The molecule has 1 aromatic heterocycles. The standard InChI is InChI=1S/C13H14ClFN4S/c1-13(2,3)11-17-18-12(20)19(11)16-7-8-9(14)5-4-6-10(8)15/h4-7H,1-3H3,(H,18,20)/b16-7-. The third-order valence-corrected chi connectivity index (χ3v) is 3.22. The van der Waals surface area contributed by atoms with Crippen LogP contribution in [0.4, 0.5) is 4.39 Å². The summed E-state index contributed by atoms with van der Waals surface area (Å²) >= 11 is 11.1. The molecule has 0 atom stereocenters. The molecule has 0 spiro atoms. The number of rotatable bonds is 2. The first-order valence-corrected chi connectivity index (χ1v) is 6.75. The number of benzene rings is 1. The van der Waals surface area contributed by atoms with Crippen LogP contribution >= 0.6 is 23.8 Å². The molecule has 2 rings (SSSR count). The van der Waals surface area contributed by atoms with Gasteiger partial charge in [-0.1, -0.05) is 38.4 Å². The first kappa shape index (κ1) is 14.9. The summed E-state index contributed by atoms with van der Waals surface area (Å²) in [7, 11) is 0. The van der Waals surface area contributed by atoms with Crippen LogP contribution in [0.2, 0.25) is 5.02 Å². The lowest BCUT2D eigenvalue weighted by molar-refractivity contribution is 0.516. The molecule has 7 heteroatoms. The van der Waals surface area contributed by atoms with Crippen LogP contribution in [-0.4, -0.2) is 21.1 Å². The van der Waals surface area contributed by atoms with Gasteiger partial charge in [-0.3, -0.25) is 5.10 Å². The average Bonchev–Trinajstić information content (AvgIpc) is 2.70. The van der Waals surface area contributed by atoms with Gasteiger partial charge < -0.3 is 0 Å². The summed E-state index contributed by atoms with van der Waals surface area (Å²) in [6, 6.07) is 4.47. The van der Waals surface area contributed by atoms with Crippen LogP contribution in [-0.2, 0) is 5.41 Å². The lowest BCUT2D eigenvalue weighted by Gasteiger charge is -2.15. The van der Waals surface area contributed by atoms with Gasteiger partial charge in [0.15, 0.2) is 5.82 Å². The van der Waals surface area contributed by atoms with Crippen molar-refractivity contribution in [3.05, 3.63) is 45.2 Å². The third kappa shape index (κ3) is 2.96. The van der Waals surface area contributed by atoms with E-state index in [-0.39, 0.29) is 11.0 Å². The monoisotopic (exact) mass is 312 g/mol. The normalized spacial score (nSPS) is 12.2. The summed E-state index contributed by atoms with van der Waals surface area (Å²) in [6.45, 7) is 5.96. The van der Waals surface area contributed by atoms with Crippen molar-refractivity contribution in [2.45, 2.75) is 26.2 Å². The van der Waals surface area contributed by atoms with Crippen molar-refractivity contribution in [3.63, 3.8) is 0 Å². The van der Waals surface area contributed by atoms with E-state index in [1.165, 1.54) is 17.0 Å². The Morgan fingerprint density at radius 2 is 2.15 bits per heavy atom. The highest BCUT2D eigenvalue weighted by Crippen LogP contribution is 2.21. The van der Waals surface area contributed by atoms with Crippen molar-refractivity contribution in [2.75, 3.05) is 0 Å². The summed E-state index contributed by atoms with van der Waals surface area (Å²) in [5.74, 6) is 0.222. The van der Waals surface area contributed by atoms with Crippen LogP contribution in [0.15, 0.2) is 23.3 Å². The fraction of sp³-hybridized carbons (Fsp3) is 0.308. The molecule has 4 nitrogen and oxygen atoms in total. The quantitative estimate of drug-likeness (QED) is 0.675. The second kappa shape index (κ2) is 5.46. The molecule has 1 heterocycles. The van der Waals surface area contributed by atoms with Crippen molar-refractivity contribution >= 4 is 30.0 Å². The molecule has 1 N–H and O–H groups in total. The number of nitrogens with one attached hydrogen (secondary N) is 1. The van der Waals surface area contributed by atoms with Crippen molar-refractivity contribution in [3.8, 4) is 0 Å². The smallest absolute Gasteiger partial charge is 0.216 e. The number of H-pyrrole nitrogens is 1. The highest BCUT2D eigenvalue weighted by molar-refractivity contribution is 7.71. The SMILES string of the molecule is CC(C)(C)c1n[nH]c(=S)n1/N=C\c1c(F)cccc1Cl. The third-order valence-electron chi connectivity index (χ3n) is 2.62. The van der Waals surface area contributed by atoms with Crippen LogP contribution in [0.5, 0.6) is 0 Å². The van der Waals surface area contributed by atoms with E-state index in [1.54, 1.807) is 12.1 Å². The molecule has 0 saturated carbocycles. The Morgan fingerprint density at radius 3 is 2.75 bits per heavy atom. The van der Waals surface area contributed by atoms with Gasteiger partial charge in [0.2, 0.25) is 4.77 Å². The van der Waals surface area contributed by atoms with E-state index in [9.17, 15) is 4.39 Å². The lowest BCUT2D eigenvalue weighted by atomic mass is 9.96. The van der Waals surface area contributed by atoms with Crippen LogP contribution < -0.4 is 0 Å². The Balaban J connectivity index is 2.48. The second-order valence-electron chi connectivity index (χ2n) is 5.29. The maximum atomic E-state index is 13.7. The molecule has 0 aliphatic rings. The minimum Gasteiger partial charge on any atom is -0.250 e.